The number of hydrogen-bond acceptors (Lipinski definition) is 2. The molecule has 2 aromatic rings. The molecule has 0 bridgehead atoms. The van der Waals surface area contributed by atoms with Crippen molar-refractivity contribution in [2.45, 2.75) is 12.3 Å². The summed E-state index contributed by atoms with van der Waals surface area (Å²) in [6, 6.07) is 12.1. The van der Waals surface area contributed by atoms with Gasteiger partial charge in [-0.2, -0.15) is 0 Å². The predicted octanol–water partition coefficient (Wildman–Crippen LogP) is 3.14. The fourth-order valence-electron chi connectivity index (χ4n) is 2.00. The number of carboxylic acids is 1. The highest BCUT2D eigenvalue weighted by atomic mass is 19.1. The molecule has 0 saturated carbocycles. The Morgan fingerprint density at radius 2 is 1.47 bits per heavy atom. The molecule has 3 nitrogen and oxygen atoms in total. The van der Waals surface area contributed by atoms with E-state index in [0.717, 1.165) is 11.1 Å². The fraction of sp³-hybridized carbons (Fsp3) is 0.133. The molecule has 0 aliphatic rings. The van der Waals surface area contributed by atoms with Crippen molar-refractivity contribution in [2.75, 3.05) is 0 Å². The molecule has 2 rings (SSSR count). The van der Waals surface area contributed by atoms with Crippen LogP contribution in [0, 0.1) is 5.82 Å². The molecule has 0 radical (unpaired) electrons. The van der Waals surface area contributed by atoms with Crippen LogP contribution in [0.5, 0.6) is 5.75 Å². The first kappa shape index (κ1) is 13.1. The van der Waals surface area contributed by atoms with Crippen molar-refractivity contribution < 1.29 is 19.4 Å². The van der Waals surface area contributed by atoms with Crippen LogP contribution < -0.4 is 0 Å². The maximum Gasteiger partial charge on any atom is 0.304 e. The van der Waals surface area contributed by atoms with Crippen LogP contribution in [-0.4, -0.2) is 16.2 Å². The van der Waals surface area contributed by atoms with Crippen molar-refractivity contribution in [3.63, 3.8) is 0 Å². The Hall–Kier alpha value is -2.36. The fourth-order valence-corrected chi connectivity index (χ4v) is 2.00. The average molecular weight is 260 g/mol. The third-order valence-corrected chi connectivity index (χ3v) is 2.95. The number of phenols is 1. The monoisotopic (exact) mass is 260 g/mol. The first-order valence-electron chi connectivity index (χ1n) is 5.82. The average Bonchev–Trinajstić information content (AvgIpc) is 2.38. The molecule has 0 aromatic heterocycles. The van der Waals surface area contributed by atoms with E-state index >= 15 is 0 Å². The topological polar surface area (TPSA) is 57.5 Å². The Labute approximate surface area is 109 Å². The van der Waals surface area contributed by atoms with Crippen molar-refractivity contribution in [2.24, 2.45) is 0 Å². The van der Waals surface area contributed by atoms with Gasteiger partial charge in [0, 0.05) is 5.92 Å². The van der Waals surface area contributed by atoms with E-state index in [1.165, 1.54) is 24.3 Å². The van der Waals surface area contributed by atoms with Crippen LogP contribution in [0.3, 0.4) is 0 Å². The summed E-state index contributed by atoms with van der Waals surface area (Å²) in [5.41, 5.74) is 1.50. The lowest BCUT2D eigenvalue weighted by molar-refractivity contribution is -0.137. The van der Waals surface area contributed by atoms with Gasteiger partial charge in [0.25, 0.3) is 0 Å². The second kappa shape index (κ2) is 5.52. The van der Waals surface area contributed by atoms with E-state index in [-0.39, 0.29) is 23.9 Å². The molecule has 0 heterocycles. The normalized spacial score (nSPS) is 12.1. The predicted molar refractivity (Wildman–Crippen MR) is 68.6 cm³/mol. The van der Waals surface area contributed by atoms with Gasteiger partial charge in [0.2, 0.25) is 0 Å². The van der Waals surface area contributed by atoms with E-state index in [2.05, 4.69) is 0 Å². The van der Waals surface area contributed by atoms with Gasteiger partial charge in [-0.05, 0) is 35.4 Å². The Kier molecular flexibility index (Phi) is 3.80. The third kappa shape index (κ3) is 3.31. The maximum absolute atomic E-state index is 12.9. The molecule has 98 valence electrons. The summed E-state index contributed by atoms with van der Waals surface area (Å²) >= 11 is 0. The minimum absolute atomic E-state index is 0.0869. The summed E-state index contributed by atoms with van der Waals surface area (Å²) < 4.78 is 12.9. The quantitative estimate of drug-likeness (QED) is 0.887. The lowest BCUT2D eigenvalue weighted by Crippen LogP contribution is -2.08. The molecular formula is C15H13FO3. The zero-order valence-corrected chi connectivity index (χ0v) is 10.1. The molecule has 0 aliphatic heterocycles. The lowest BCUT2D eigenvalue weighted by Gasteiger charge is -2.16. The van der Waals surface area contributed by atoms with Crippen LogP contribution >= 0.6 is 0 Å². The van der Waals surface area contributed by atoms with Crippen LogP contribution in [0.2, 0.25) is 0 Å². The number of aliphatic carboxylic acids is 1. The van der Waals surface area contributed by atoms with Gasteiger partial charge >= 0.3 is 5.97 Å². The summed E-state index contributed by atoms with van der Waals surface area (Å²) in [6.07, 6.45) is -0.0869. The van der Waals surface area contributed by atoms with Gasteiger partial charge in [0.05, 0.1) is 6.42 Å². The first-order valence-corrected chi connectivity index (χ1v) is 5.82. The van der Waals surface area contributed by atoms with Crippen LogP contribution in [-0.2, 0) is 4.79 Å². The molecule has 0 fully saturated rings. The Morgan fingerprint density at radius 1 is 1.00 bits per heavy atom. The second-order valence-electron chi connectivity index (χ2n) is 4.29. The second-order valence-corrected chi connectivity index (χ2v) is 4.29. The summed E-state index contributed by atoms with van der Waals surface area (Å²) in [4.78, 5) is 11.0. The van der Waals surface area contributed by atoms with Gasteiger partial charge in [0.1, 0.15) is 11.6 Å². The highest BCUT2D eigenvalue weighted by molar-refractivity contribution is 5.69. The molecule has 4 heteroatoms. The minimum Gasteiger partial charge on any atom is -0.508 e. The number of aromatic hydroxyl groups is 1. The minimum atomic E-state index is -0.928. The van der Waals surface area contributed by atoms with Gasteiger partial charge in [-0.15, -0.1) is 0 Å². The van der Waals surface area contributed by atoms with Crippen LogP contribution in [0.25, 0.3) is 0 Å². The van der Waals surface area contributed by atoms with Crippen molar-refractivity contribution in [1.29, 1.82) is 0 Å². The Morgan fingerprint density at radius 3 is 1.95 bits per heavy atom. The first-order chi connectivity index (χ1) is 9.06. The lowest BCUT2D eigenvalue weighted by atomic mass is 9.88. The molecule has 0 spiro atoms. The highest BCUT2D eigenvalue weighted by Crippen LogP contribution is 2.29. The molecule has 2 aromatic carbocycles. The number of halogens is 1. The Balaban J connectivity index is 2.37. The molecule has 1 atom stereocenters. The van der Waals surface area contributed by atoms with Gasteiger partial charge in [-0.1, -0.05) is 24.3 Å². The third-order valence-electron chi connectivity index (χ3n) is 2.95. The van der Waals surface area contributed by atoms with Crippen molar-refractivity contribution in [3.8, 4) is 5.75 Å². The van der Waals surface area contributed by atoms with Gasteiger partial charge in [0.15, 0.2) is 0 Å². The smallest absolute Gasteiger partial charge is 0.304 e. The van der Waals surface area contributed by atoms with Crippen molar-refractivity contribution in [3.05, 3.63) is 65.5 Å². The van der Waals surface area contributed by atoms with Crippen LogP contribution in [0.15, 0.2) is 48.5 Å². The summed E-state index contributed by atoms with van der Waals surface area (Å²) in [5.74, 6) is -1.53. The largest absolute Gasteiger partial charge is 0.508 e. The van der Waals surface area contributed by atoms with Crippen LogP contribution in [0.1, 0.15) is 23.5 Å². The summed E-state index contributed by atoms with van der Waals surface area (Å²) in [7, 11) is 0. The molecule has 1 unspecified atom stereocenters. The highest BCUT2D eigenvalue weighted by Gasteiger charge is 2.17. The SMILES string of the molecule is O=C(O)CC(c1ccc(O)cc1)c1ccc(F)cc1. The van der Waals surface area contributed by atoms with Gasteiger partial charge in [-0.25, -0.2) is 4.39 Å². The van der Waals surface area contributed by atoms with Gasteiger partial charge in [-0.3, -0.25) is 4.79 Å². The molecule has 0 amide bonds. The number of benzene rings is 2. The number of hydrogen-bond donors (Lipinski definition) is 2. The van der Waals surface area contributed by atoms with E-state index in [0.29, 0.717) is 0 Å². The number of carbonyl (C=O) groups is 1. The number of carboxylic acid groups (broad SMARTS) is 1. The van der Waals surface area contributed by atoms with Crippen LogP contribution in [0.4, 0.5) is 4.39 Å². The molecule has 0 aliphatic carbocycles. The molecular weight excluding hydrogens is 247 g/mol. The van der Waals surface area contributed by atoms with E-state index < -0.39 is 5.97 Å². The molecule has 19 heavy (non-hydrogen) atoms. The van der Waals surface area contributed by atoms with E-state index in [1.807, 2.05) is 0 Å². The summed E-state index contributed by atoms with van der Waals surface area (Å²) in [5, 5.41) is 18.3. The molecule has 0 saturated heterocycles. The van der Waals surface area contributed by atoms with E-state index in [1.54, 1.807) is 24.3 Å². The standard InChI is InChI=1S/C15H13FO3/c16-12-5-1-10(2-6-12)14(9-15(18)19)11-3-7-13(17)8-4-11/h1-8,14,17H,9H2,(H,18,19). The van der Waals surface area contributed by atoms with Crippen molar-refractivity contribution >= 4 is 5.97 Å². The van der Waals surface area contributed by atoms with E-state index in [4.69, 9.17) is 5.11 Å². The maximum atomic E-state index is 12.9. The van der Waals surface area contributed by atoms with E-state index in [9.17, 15) is 14.3 Å². The molecule has 2 N–H and O–H groups in total. The Bertz CT molecular complexity index is 515. The zero-order chi connectivity index (χ0) is 13.8. The van der Waals surface area contributed by atoms with Gasteiger partial charge < -0.3 is 10.2 Å². The zero-order valence-electron chi connectivity index (χ0n) is 10.1. The summed E-state index contributed by atoms with van der Waals surface area (Å²) in [6.45, 7) is 0. The number of rotatable bonds is 4. The van der Waals surface area contributed by atoms with Crippen molar-refractivity contribution in [1.82, 2.24) is 0 Å². The number of phenolic OH excluding ortho intramolecular Hbond substituents is 1.